The van der Waals surface area contributed by atoms with E-state index in [4.69, 9.17) is 12.2 Å². The fourth-order valence-corrected chi connectivity index (χ4v) is 2.81. The van der Waals surface area contributed by atoms with Gasteiger partial charge in [0.25, 0.3) is 17.5 Å². The first-order valence-corrected chi connectivity index (χ1v) is 8.26. The number of hydrogen-bond acceptors (Lipinski definition) is 5. The molecular formula is C19H13N3O4S. The summed E-state index contributed by atoms with van der Waals surface area (Å²) in [5.74, 6) is -1.19. The van der Waals surface area contributed by atoms with Crippen LogP contribution in [-0.2, 0) is 9.59 Å². The van der Waals surface area contributed by atoms with Crippen LogP contribution >= 0.6 is 12.2 Å². The Morgan fingerprint density at radius 1 is 1.04 bits per heavy atom. The van der Waals surface area contributed by atoms with Crippen molar-refractivity contribution < 1.29 is 14.5 Å². The lowest BCUT2D eigenvalue weighted by Gasteiger charge is -2.28. The maximum absolute atomic E-state index is 12.7. The topological polar surface area (TPSA) is 92.6 Å². The van der Waals surface area contributed by atoms with Crippen molar-refractivity contribution in [2.45, 2.75) is 0 Å². The Balaban J connectivity index is 1.91. The van der Waals surface area contributed by atoms with Crippen molar-refractivity contribution in [2.24, 2.45) is 0 Å². The van der Waals surface area contributed by atoms with Crippen LogP contribution < -0.4 is 10.2 Å². The number of para-hydroxylation sites is 2. The van der Waals surface area contributed by atoms with E-state index in [2.05, 4.69) is 5.32 Å². The summed E-state index contributed by atoms with van der Waals surface area (Å²) < 4.78 is 0. The molecule has 0 saturated carbocycles. The highest BCUT2D eigenvalue weighted by molar-refractivity contribution is 7.80. The van der Waals surface area contributed by atoms with E-state index in [0.29, 0.717) is 11.3 Å². The second-order valence-electron chi connectivity index (χ2n) is 5.49. The van der Waals surface area contributed by atoms with Gasteiger partial charge in [0.05, 0.1) is 16.2 Å². The monoisotopic (exact) mass is 379 g/mol. The van der Waals surface area contributed by atoms with E-state index in [1.807, 2.05) is 0 Å². The summed E-state index contributed by atoms with van der Waals surface area (Å²) in [5, 5.41) is 13.5. The molecule has 3 rings (SSSR count). The molecule has 7 nitrogen and oxygen atoms in total. The van der Waals surface area contributed by atoms with Crippen molar-refractivity contribution in [2.75, 3.05) is 4.90 Å². The number of allylic oxidation sites excluding steroid dienone is 2. The van der Waals surface area contributed by atoms with E-state index in [9.17, 15) is 19.7 Å². The lowest BCUT2D eigenvalue weighted by atomic mass is 10.1. The van der Waals surface area contributed by atoms with Crippen molar-refractivity contribution in [3.05, 3.63) is 88.0 Å². The minimum absolute atomic E-state index is 0.00368. The van der Waals surface area contributed by atoms with Gasteiger partial charge in [-0.05, 0) is 42.6 Å². The predicted octanol–water partition coefficient (Wildman–Crippen LogP) is 2.98. The molecule has 134 valence electrons. The van der Waals surface area contributed by atoms with Gasteiger partial charge in [-0.1, -0.05) is 36.4 Å². The lowest BCUT2D eigenvalue weighted by Crippen LogP contribution is -2.54. The van der Waals surface area contributed by atoms with Gasteiger partial charge in [-0.2, -0.15) is 0 Å². The highest BCUT2D eigenvalue weighted by Gasteiger charge is 2.33. The number of hydrogen-bond donors (Lipinski definition) is 1. The van der Waals surface area contributed by atoms with Crippen molar-refractivity contribution >= 4 is 46.6 Å². The van der Waals surface area contributed by atoms with E-state index in [0.717, 1.165) is 0 Å². The largest absolute Gasteiger partial charge is 0.298 e. The van der Waals surface area contributed by atoms with Gasteiger partial charge in [-0.3, -0.25) is 29.9 Å². The van der Waals surface area contributed by atoms with Crippen LogP contribution in [0.1, 0.15) is 5.56 Å². The zero-order valence-corrected chi connectivity index (χ0v) is 14.7. The van der Waals surface area contributed by atoms with Crippen LogP contribution in [-0.4, -0.2) is 21.9 Å². The number of carbonyl (C=O) groups is 2. The first-order chi connectivity index (χ1) is 13.0. The number of rotatable bonds is 4. The van der Waals surface area contributed by atoms with Gasteiger partial charge in [0, 0.05) is 6.07 Å². The van der Waals surface area contributed by atoms with Crippen molar-refractivity contribution in [3.8, 4) is 0 Å². The van der Waals surface area contributed by atoms with Gasteiger partial charge in [-0.15, -0.1) is 0 Å². The first kappa shape index (κ1) is 18.2. The molecule has 8 heteroatoms. The Kier molecular flexibility index (Phi) is 5.18. The fraction of sp³-hybridized carbons (Fsp3) is 0. The summed E-state index contributed by atoms with van der Waals surface area (Å²) in [6.07, 6.45) is 4.20. The molecule has 1 saturated heterocycles. The molecular weight excluding hydrogens is 366 g/mol. The smallest absolute Gasteiger partial charge is 0.276 e. The van der Waals surface area contributed by atoms with Crippen molar-refractivity contribution in [1.82, 2.24) is 5.32 Å². The lowest BCUT2D eigenvalue weighted by molar-refractivity contribution is -0.385. The molecule has 1 fully saturated rings. The normalized spacial score (nSPS) is 16.1. The standard InChI is InChI=1S/C19H13N3O4S/c23-17-15(11-6-8-13-7-4-5-12-16(13)22(25)26)18(24)21(19(27)20-17)14-9-2-1-3-10-14/h1-12H,(H,20,23,27)/b8-6+,15-11-. The Labute approximate surface area is 159 Å². The SMILES string of the molecule is O=C1NC(=S)N(c2ccccc2)C(=O)/C1=C\C=C\c1ccccc1[N+](=O)[O-]. The third-order valence-corrected chi connectivity index (χ3v) is 4.07. The van der Waals surface area contributed by atoms with Crippen LogP contribution in [0.25, 0.3) is 6.08 Å². The van der Waals surface area contributed by atoms with Gasteiger partial charge in [0.15, 0.2) is 5.11 Å². The fourth-order valence-electron chi connectivity index (χ4n) is 2.53. The molecule has 0 aliphatic carbocycles. The molecule has 1 aliphatic rings. The van der Waals surface area contributed by atoms with Crippen molar-refractivity contribution in [3.63, 3.8) is 0 Å². The van der Waals surface area contributed by atoms with Crippen molar-refractivity contribution in [1.29, 1.82) is 0 Å². The summed E-state index contributed by atoms with van der Waals surface area (Å²) in [4.78, 5) is 36.7. The van der Waals surface area contributed by atoms with Crippen LogP contribution in [0.3, 0.4) is 0 Å². The van der Waals surface area contributed by atoms with Gasteiger partial charge in [-0.25, -0.2) is 0 Å². The minimum atomic E-state index is -0.621. The Morgan fingerprint density at radius 2 is 1.70 bits per heavy atom. The molecule has 27 heavy (non-hydrogen) atoms. The van der Waals surface area contributed by atoms with Crippen LogP contribution in [0.2, 0.25) is 0 Å². The number of anilines is 1. The number of nitro benzene ring substituents is 1. The van der Waals surface area contributed by atoms with E-state index >= 15 is 0 Å². The predicted molar refractivity (Wildman–Crippen MR) is 105 cm³/mol. The molecule has 2 aromatic carbocycles. The van der Waals surface area contributed by atoms with E-state index in [1.165, 1.54) is 29.2 Å². The number of thiocarbonyl (C=S) groups is 1. The second kappa shape index (κ2) is 7.71. The van der Waals surface area contributed by atoms with E-state index in [-0.39, 0.29) is 16.4 Å². The Morgan fingerprint density at radius 3 is 2.41 bits per heavy atom. The third kappa shape index (κ3) is 3.80. The summed E-state index contributed by atoms with van der Waals surface area (Å²) in [6.45, 7) is 0. The number of nitrogens with one attached hydrogen (secondary N) is 1. The first-order valence-electron chi connectivity index (χ1n) is 7.85. The molecule has 0 atom stereocenters. The molecule has 0 bridgehead atoms. The maximum Gasteiger partial charge on any atom is 0.276 e. The van der Waals surface area contributed by atoms with Gasteiger partial charge < -0.3 is 0 Å². The highest BCUT2D eigenvalue weighted by Crippen LogP contribution is 2.21. The van der Waals surface area contributed by atoms with Crippen LogP contribution in [0, 0.1) is 10.1 Å². The molecule has 0 spiro atoms. The highest BCUT2D eigenvalue weighted by atomic mass is 32.1. The average Bonchev–Trinajstić information content (AvgIpc) is 2.65. The number of benzene rings is 2. The zero-order chi connectivity index (χ0) is 19.4. The van der Waals surface area contributed by atoms with Gasteiger partial charge in [0.1, 0.15) is 5.57 Å². The average molecular weight is 379 g/mol. The van der Waals surface area contributed by atoms with Crippen LogP contribution in [0.5, 0.6) is 0 Å². The molecule has 0 aromatic heterocycles. The quantitative estimate of drug-likeness (QED) is 0.290. The van der Waals surface area contributed by atoms with Crippen LogP contribution in [0.15, 0.2) is 72.3 Å². The zero-order valence-electron chi connectivity index (χ0n) is 13.9. The maximum atomic E-state index is 12.7. The van der Waals surface area contributed by atoms with E-state index in [1.54, 1.807) is 48.5 Å². The second-order valence-corrected chi connectivity index (χ2v) is 5.88. The summed E-state index contributed by atoms with van der Waals surface area (Å²) in [7, 11) is 0. The molecule has 0 unspecified atom stereocenters. The summed E-state index contributed by atoms with van der Waals surface area (Å²) >= 11 is 5.10. The minimum Gasteiger partial charge on any atom is -0.298 e. The van der Waals surface area contributed by atoms with Gasteiger partial charge in [0.2, 0.25) is 0 Å². The molecule has 2 aromatic rings. The van der Waals surface area contributed by atoms with Crippen LogP contribution in [0.4, 0.5) is 11.4 Å². The summed E-state index contributed by atoms with van der Waals surface area (Å²) in [6, 6.07) is 14.9. The van der Waals surface area contributed by atoms with E-state index < -0.39 is 16.7 Å². The molecule has 1 aliphatic heterocycles. The number of carbonyl (C=O) groups excluding carboxylic acids is 2. The number of nitrogens with zero attached hydrogens (tertiary/aromatic N) is 2. The summed E-state index contributed by atoms with van der Waals surface area (Å²) in [5.41, 5.74) is 0.695. The number of amides is 2. The molecule has 0 radical (unpaired) electrons. The van der Waals surface area contributed by atoms with Gasteiger partial charge >= 0.3 is 0 Å². The Bertz CT molecular complexity index is 999. The molecule has 1 heterocycles. The third-order valence-electron chi connectivity index (χ3n) is 3.79. The Hall–Kier alpha value is -3.65. The number of nitro groups is 1. The molecule has 1 N–H and O–H groups in total. The molecule has 2 amide bonds.